The molecule has 0 aromatic carbocycles. The first-order valence-corrected chi connectivity index (χ1v) is 9.34. The Balaban J connectivity index is 0.00000288. The van der Waals surface area contributed by atoms with Crippen LogP contribution in [0.4, 0.5) is 0 Å². The highest BCUT2D eigenvalue weighted by molar-refractivity contribution is 14.0. The van der Waals surface area contributed by atoms with Gasteiger partial charge in [-0.1, -0.05) is 19.8 Å². The van der Waals surface area contributed by atoms with Gasteiger partial charge in [-0.2, -0.15) is 0 Å². The Kier molecular flexibility index (Phi) is 10.5. The van der Waals surface area contributed by atoms with E-state index in [1.807, 2.05) is 7.05 Å². The van der Waals surface area contributed by atoms with Gasteiger partial charge in [0, 0.05) is 53.0 Å². The van der Waals surface area contributed by atoms with Crippen LogP contribution >= 0.6 is 24.0 Å². The Morgan fingerprint density at radius 1 is 1.25 bits per heavy atom. The molecule has 0 aromatic heterocycles. The van der Waals surface area contributed by atoms with E-state index in [9.17, 15) is 0 Å². The lowest BCUT2D eigenvalue weighted by Gasteiger charge is -2.33. The van der Waals surface area contributed by atoms with Gasteiger partial charge in [0.2, 0.25) is 0 Å². The number of halogens is 1. The molecule has 1 aliphatic heterocycles. The summed E-state index contributed by atoms with van der Waals surface area (Å²) < 4.78 is 5.14. The number of hydrogen-bond acceptors (Lipinski definition) is 3. The third-order valence-corrected chi connectivity index (χ3v) is 5.47. The predicted molar refractivity (Wildman–Crippen MR) is 112 cm³/mol. The lowest BCUT2D eigenvalue weighted by molar-refractivity contribution is 0.155. The number of nitrogens with zero attached hydrogens (tertiary/aromatic N) is 2. The van der Waals surface area contributed by atoms with Crippen LogP contribution in [0.3, 0.4) is 0 Å². The van der Waals surface area contributed by atoms with Gasteiger partial charge < -0.3 is 20.3 Å². The number of methoxy groups -OCH3 is 1. The van der Waals surface area contributed by atoms with Gasteiger partial charge in [0.1, 0.15) is 0 Å². The zero-order valence-electron chi connectivity index (χ0n) is 15.8. The number of ether oxygens (including phenoxy) is 1. The van der Waals surface area contributed by atoms with Crippen LogP contribution in [-0.4, -0.2) is 63.8 Å². The van der Waals surface area contributed by atoms with Crippen molar-refractivity contribution < 1.29 is 4.74 Å². The maximum Gasteiger partial charge on any atom is 0.191 e. The highest BCUT2D eigenvalue weighted by atomic mass is 127. The van der Waals surface area contributed by atoms with Crippen LogP contribution in [0.1, 0.15) is 51.9 Å². The fourth-order valence-electron chi connectivity index (χ4n) is 3.82. The number of aliphatic imine (C=N–C) groups is 1. The lowest BCUT2D eigenvalue weighted by Crippen LogP contribution is -2.50. The highest BCUT2D eigenvalue weighted by Crippen LogP contribution is 2.36. The molecule has 6 heteroatoms. The molecular weight excluding hydrogens is 415 g/mol. The molecule has 24 heavy (non-hydrogen) atoms. The number of nitrogens with one attached hydrogen (secondary N) is 2. The van der Waals surface area contributed by atoms with Crippen molar-refractivity contribution in [1.82, 2.24) is 15.5 Å². The Morgan fingerprint density at radius 3 is 2.50 bits per heavy atom. The maximum atomic E-state index is 5.14. The number of rotatable bonds is 7. The van der Waals surface area contributed by atoms with Gasteiger partial charge in [0.15, 0.2) is 5.96 Å². The predicted octanol–water partition coefficient (Wildman–Crippen LogP) is 2.85. The second-order valence-corrected chi connectivity index (χ2v) is 7.55. The van der Waals surface area contributed by atoms with Crippen molar-refractivity contribution in [2.24, 2.45) is 10.4 Å². The molecule has 0 unspecified atom stereocenters. The molecule has 0 atom stereocenters. The van der Waals surface area contributed by atoms with Crippen LogP contribution in [0.25, 0.3) is 0 Å². The van der Waals surface area contributed by atoms with Gasteiger partial charge >= 0.3 is 0 Å². The second-order valence-electron chi connectivity index (χ2n) is 7.55. The van der Waals surface area contributed by atoms with Gasteiger partial charge in [-0.25, -0.2) is 0 Å². The molecule has 142 valence electrons. The van der Waals surface area contributed by atoms with Crippen molar-refractivity contribution >= 4 is 29.9 Å². The molecule has 2 N–H and O–H groups in total. The molecule has 1 aliphatic carbocycles. The molecule has 0 bridgehead atoms. The zero-order chi connectivity index (χ0) is 16.5. The minimum absolute atomic E-state index is 0. The summed E-state index contributed by atoms with van der Waals surface area (Å²) in [6.07, 6.45) is 8.98. The van der Waals surface area contributed by atoms with Crippen LogP contribution in [0.2, 0.25) is 0 Å². The maximum absolute atomic E-state index is 5.14. The fourth-order valence-corrected chi connectivity index (χ4v) is 3.82. The molecular formula is C18H37IN4O. The monoisotopic (exact) mass is 452 g/mol. The molecule has 2 fully saturated rings. The van der Waals surface area contributed by atoms with E-state index in [1.54, 1.807) is 7.11 Å². The van der Waals surface area contributed by atoms with Crippen molar-refractivity contribution in [3.8, 4) is 0 Å². The first-order chi connectivity index (χ1) is 11.1. The Bertz CT molecular complexity index is 364. The van der Waals surface area contributed by atoms with Crippen LogP contribution in [0.15, 0.2) is 4.99 Å². The van der Waals surface area contributed by atoms with Gasteiger partial charge in [0.25, 0.3) is 0 Å². The normalized spacial score (nSPS) is 22.2. The molecule has 2 aliphatic rings. The molecule has 1 saturated carbocycles. The SMILES string of the molecule is CN=C(NCC1(C)CCCC1)NC1CCN(CCCOC)CC1.I. The van der Waals surface area contributed by atoms with Crippen LogP contribution in [0.5, 0.6) is 0 Å². The Labute approximate surface area is 165 Å². The topological polar surface area (TPSA) is 48.9 Å². The summed E-state index contributed by atoms with van der Waals surface area (Å²) in [6, 6.07) is 0.552. The second kappa shape index (κ2) is 11.5. The van der Waals surface area contributed by atoms with Crippen LogP contribution < -0.4 is 10.6 Å². The third kappa shape index (κ3) is 7.44. The van der Waals surface area contributed by atoms with E-state index in [0.29, 0.717) is 11.5 Å². The molecule has 2 rings (SSSR count). The quantitative estimate of drug-likeness (QED) is 0.270. The van der Waals surface area contributed by atoms with Crippen molar-refractivity contribution in [3.05, 3.63) is 0 Å². The molecule has 0 radical (unpaired) electrons. The summed E-state index contributed by atoms with van der Waals surface area (Å²) in [4.78, 5) is 6.97. The van der Waals surface area contributed by atoms with E-state index >= 15 is 0 Å². The summed E-state index contributed by atoms with van der Waals surface area (Å²) in [5.41, 5.74) is 0.461. The molecule has 0 spiro atoms. The number of likely N-dealkylation sites (tertiary alicyclic amines) is 1. The molecule has 1 heterocycles. The van der Waals surface area contributed by atoms with Gasteiger partial charge in [-0.15, -0.1) is 24.0 Å². The van der Waals surface area contributed by atoms with E-state index in [-0.39, 0.29) is 24.0 Å². The summed E-state index contributed by atoms with van der Waals surface area (Å²) in [6.45, 7) is 7.83. The van der Waals surface area contributed by atoms with E-state index in [0.717, 1.165) is 32.1 Å². The van der Waals surface area contributed by atoms with Gasteiger partial charge in [-0.3, -0.25) is 4.99 Å². The van der Waals surface area contributed by atoms with Gasteiger partial charge in [-0.05, 0) is 37.5 Å². The van der Waals surface area contributed by atoms with E-state index in [2.05, 4.69) is 27.4 Å². The van der Waals surface area contributed by atoms with E-state index in [1.165, 1.54) is 51.6 Å². The van der Waals surface area contributed by atoms with Crippen LogP contribution in [-0.2, 0) is 4.74 Å². The largest absolute Gasteiger partial charge is 0.385 e. The smallest absolute Gasteiger partial charge is 0.191 e. The average molecular weight is 452 g/mol. The Morgan fingerprint density at radius 2 is 1.92 bits per heavy atom. The van der Waals surface area contributed by atoms with Gasteiger partial charge in [0.05, 0.1) is 0 Å². The summed E-state index contributed by atoms with van der Waals surface area (Å²) in [7, 11) is 3.66. The van der Waals surface area contributed by atoms with Crippen LogP contribution in [0, 0.1) is 5.41 Å². The molecule has 5 nitrogen and oxygen atoms in total. The van der Waals surface area contributed by atoms with Crippen molar-refractivity contribution in [2.45, 2.75) is 57.9 Å². The standard InChI is InChI=1S/C18H36N4O.HI/c1-18(9-4-5-10-18)15-20-17(19-2)21-16-7-12-22(13-8-16)11-6-14-23-3;/h16H,4-15H2,1-3H3,(H2,19,20,21);1H. The third-order valence-electron chi connectivity index (χ3n) is 5.47. The molecule has 0 aromatic rings. The minimum Gasteiger partial charge on any atom is -0.385 e. The number of piperidine rings is 1. The van der Waals surface area contributed by atoms with Crippen molar-refractivity contribution in [2.75, 3.05) is 46.9 Å². The minimum atomic E-state index is 0. The summed E-state index contributed by atoms with van der Waals surface area (Å²) in [5, 5.41) is 7.18. The first kappa shape index (κ1) is 22.0. The molecule has 0 amide bonds. The summed E-state index contributed by atoms with van der Waals surface area (Å²) >= 11 is 0. The highest BCUT2D eigenvalue weighted by Gasteiger charge is 2.29. The fraction of sp³-hybridized carbons (Fsp3) is 0.944. The molecule has 1 saturated heterocycles. The van der Waals surface area contributed by atoms with Crippen molar-refractivity contribution in [1.29, 1.82) is 0 Å². The van der Waals surface area contributed by atoms with E-state index in [4.69, 9.17) is 4.74 Å². The Hall–Kier alpha value is -0.0800. The first-order valence-electron chi connectivity index (χ1n) is 9.34. The number of hydrogen-bond donors (Lipinski definition) is 2. The lowest BCUT2D eigenvalue weighted by atomic mass is 9.89. The average Bonchev–Trinajstić information content (AvgIpc) is 3.00. The summed E-state index contributed by atoms with van der Waals surface area (Å²) in [5.74, 6) is 0.982. The van der Waals surface area contributed by atoms with Crippen molar-refractivity contribution in [3.63, 3.8) is 0 Å². The zero-order valence-corrected chi connectivity index (χ0v) is 18.1. The number of guanidine groups is 1. The van der Waals surface area contributed by atoms with E-state index < -0.39 is 0 Å².